The van der Waals surface area contributed by atoms with Crippen molar-refractivity contribution in [1.29, 1.82) is 0 Å². The Morgan fingerprint density at radius 1 is 1.20 bits per heavy atom. The Balaban J connectivity index is 3.40. The summed E-state index contributed by atoms with van der Waals surface area (Å²) in [5.74, 6) is -0.454. The van der Waals surface area contributed by atoms with Crippen LogP contribution in [0.15, 0.2) is 18.2 Å². The highest BCUT2D eigenvalue weighted by molar-refractivity contribution is 5.64. The van der Waals surface area contributed by atoms with Crippen LogP contribution >= 0.6 is 0 Å². The smallest absolute Gasteiger partial charge is 0.388 e. The van der Waals surface area contributed by atoms with E-state index in [0.29, 0.717) is 0 Å². The summed E-state index contributed by atoms with van der Waals surface area (Å²) in [5.41, 5.74) is -1.56. The molecule has 0 amide bonds. The average molecular weight is 212 g/mol. The van der Waals surface area contributed by atoms with Gasteiger partial charge >= 0.3 is 11.4 Å². The summed E-state index contributed by atoms with van der Waals surface area (Å²) >= 11 is 0. The SMILES string of the molecule is O=COc1cccc([N+](=O)[O-])c1[N+](=O)[O-]. The van der Waals surface area contributed by atoms with Gasteiger partial charge in [-0.1, -0.05) is 6.07 Å². The number of nitro groups is 2. The van der Waals surface area contributed by atoms with E-state index in [-0.39, 0.29) is 6.47 Å². The second-order valence-electron chi connectivity index (χ2n) is 2.35. The summed E-state index contributed by atoms with van der Waals surface area (Å²) in [6.45, 7) is -0.0357. The number of hydrogen-bond acceptors (Lipinski definition) is 6. The predicted octanol–water partition coefficient (Wildman–Crippen LogP) is 1.04. The maximum atomic E-state index is 10.5. The van der Waals surface area contributed by atoms with Crippen LogP contribution in [0, 0.1) is 20.2 Å². The molecule has 8 heteroatoms. The van der Waals surface area contributed by atoms with Gasteiger partial charge in [-0.15, -0.1) is 0 Å². The number of para-hydroxylation sites is 1. The lowest BCUT2D eigenvalue weighted by Gasteiger charge is -1.99. The maximum Gasteiger partial charge on any atom is 0.388 e. The van der Waals surface area contributed by atoms with Gasteiger partial charge in [0.05, 0.1) is 9.85 Å². The Bertz CT molecular complexity index is 429. The summed E-state index contributed by atoms with van der Waals surface area (Å²) in [4.78, 5) is 29.1. The van der Waals surface area contributed by atoms with Gasteiger partial charge in [0.1, 0.15) is 0 Å². The molecule has 0 radical (unpaired) electrons. The quantitative estimate of drug-likeness (QED) is 0.418. The summed E-state index contributed by atoms with van der Waals surface area (Å²) < 4.78 is 4.26. The monoisotopic (exact) mass is 212 g/mol. The number of hydrogen-bond donors (Lipinski definition) is 0. The molecule has 1 rings (SSSR count). The third kappa shape index (κ3) is 2.05. The van der Waals surface area contributed by atoms with Gasteiger partial charge in [0, 0.05) is 6.07 Å². The highest BCUT2D eigenvalue weighted by Gasteiger charge is 2.29. The molecule has 0 saturated carbocycles. The van der Waals surface area contributed by atoms with E-state index in [2.05, 4.69) is 4.74 Å². The van der Waals surface area contributed by atoms with Crippen LogP contribution in [-0.4, -0.2) is 16.3 Å². The third-order valence-electron chi connectivity index (χ3n) is 1.53. The molecule has 15 heavy (non-hydrogen) atoms. The van der Waals surface area contributed by atoms with Crippen LogP contribution in [0.3, 0.4) is 0 Å². The van der Waals surface area contributed by atoms with Crippen LogP contribution in [-0.2, 0) is 4.79 Å². The van der Waals surface area contributed by atoms with Gasteiger partial charge in [-0.05, 0) is 6.07 Å². The average Bonchev–Trinajstić information content (AvgIpc) is 2.17. The number of rotatable bonds is 4. The maximum absolute atomic E-state index is 10.5. The van der Waals surface area contributed by atoms with E-state index in [1.807, 2.05) is 0 Å². The Hall–Kier alpha value is -2.51. The summed E-state index contributed by atoms with van der Waals surface area (Å²) in [5, 5.41) is 21.0. The molecule has 0 aliphatic heterocycles. The van der Waals surface area contributed by atoms with Gasteiger partial charge in [-0.2, -0.15) is 0 Å². The number of benzene rings is 1. The van der Waals surface area contributed by atoms with Gasteiger partial charge in [0.15, 0.2) is 0 Å². The van der Waals surface area contributed by atoms with Crippen LogP contribution in [0.1, 0.15) is 0 Å². The molecule has 0 spiro atoms. The van der Waals surface area contributed by atoms with Gasteiger partial charge in [-0.25, -0.2) is 0 Å². The van der Waals surface area contributed by atoms with Crippen molar-refractivity contribution in [3.63, 3.8) is 0 Å². The van der Waals surface area contributed by atoms with E-state index in [0.717, 1.165) is 12.1 Å². The van der Waals surface area contributed by atoms with Crippen molar-refractivity contribution in [2.75, 3.05) is 0 Å². The predicted molar refractivity (Wildman–Crippen MR) is 46.4 cm³/mol. The van der Waals surface area contributed by atoms with Gasteiger partial charge in [0.2, 0.25) is 5.75 Å². The van der Waals surface area contributed by atoms with Gasteiger partial charge in [-0.3, -0.25) is 25.0 Å². The van der Waals surface area contributed by atoms with Crippen molar-refractivity contribution in [3.8, 4) is 5.75 Å². The first kappa shape index (κ1) is 10.6. The number of carbonyl (C=O) groups is 1. The standard InChI is InChI=1S/C7H4N2O6/c10-4-15-6-3-1-2-5(8(11)12)7(6)9(13)14/h1-4H. The fourth-order valence-corrected chi connectivity index (χ4v) is 0.989. The molecule has 0 aliphatic carbocycles. The number of nitro benzene ring substituents is 2. The van der Waals surface area contributed by atoms with Crippen molar-refractivity contribution in [1.82, 2.24) is 0 Å². The fraction of sp³-hybridized carbons (Fsp3) is 0. The second kappa shape index (κ2) is 4.13. The summed E-state index contributed by atoms with van der Waals surface area (Å²) in [6.07, 6.45) is 0. The van der Waals surface area contributed by atoms with E-state index >= 15 is 0 Å². The van der Waals surface area contributed by atoms with Crippen LogP contribution in [0.5, 0.6) is 5.75 Å². The van der Waals surface area contributed by atoms with Crippen molar-refractivity contribution < 1.29 is 19.4 Å². The van der Waals surface area contributed by atoms with E-state index in [4.69, 9.17) is 0 Å². The lowest BCUT2D eigenvalue weighted by Crippen LogP contribution is -2.00. The van der Waals surface area contributed by atoms with Crippen molar-refractivity contribution in [2.45, 2.75) is 0 Å². The zero-order valence-corrected chi connectivity index (χ0v) is 7.15. The first-order chi connectivity index (χ1) is 7.07. The van der Waals surface area contributed by atoms with E-state index in [1.165, 1.54) is 6.07 Å². The Kier molecular flexibility index (Phi) is 2.91. The summed E-state index contributed by atoms with van der Waals surface area (Å²) in [7, 11) is 0. The van der Waals surface area contributed by atoms with Crippen molar-refractivity contribution >= 4 is 17.8 Å². The fourth-order valence-electron chi connectivity index (χ4n) is 0.989. The van der Waals surface area contributed by atoms with Gasteiger partial charge < -0.3 is 4.74 Å². The molecule has 1 aromatic rings. The normalized spacial score (nSPS) is 9.33. The molecule has 0 N–H and O–H groups in total. The molecule has 0 fully saturated rings. The highest BCUT2D eigenvalue weighted by Crippen LogP contribution is 2.35. The molecule has 0 aromatic heterocycles. The van der Waals surface area contributed by atoms with E-state index in [9.17, 15) is 25.0 Å². The molecule has 1 aromatic carbocycles. The third-order valence-corrected chi connectivity index (χ3v) is 1.53. The first-order valence-corrected chi connectivity index (χ1v) is 3.60. The Morgan fingerprint density at radius 2 is 1.87 bits per heavy atom. The first-order valence-electron chi connectivity index (χ1n) is 3.60. The number of ether oxygens (including phenoxy) is 1. The van der Waals surface area contributed by atoms with Crippen LogP contribution in [0.4, 0.5) is 11.4 Å². The highest BCUT2D eigenvalue weighted by atomic mass is 16.6. The zero-order chi connectivity index (χ0) is 11.4. The molecule has 0 heterocycles. The summed E-state index contributed by atoms with van der Waals surface area (Å²) in [6, 6.07) is 3.24. The Morgan fingerprint density at radius 3 is 2.33 bits per heavy atom. The number of carbonyl (C=O) groups excluding carboxylic acids is 1. The minimum Gasteiger partial charge on any atom is -0.421 e. The molecule has 0 aliphatic rings. The molecule has 8 nitrogen and oxygen atoms in total. The van der Waals surface area contributed by atoms with E-state index in [1.54, 1.807) is 0 Å². The Labute approximate surface area is 82.4 Å². The molecule has 78 valence electrons. The van der Waals surface area contributed by atoms with Crippen LogP contribution in [0.25, 0.3) is 0 Å². The minimum absolute atomic E-state index is 0.0357. The molecule has 0 bridgehead atoms. The van der Waals surface area contributed by atoms with Crippen LogP contribution in [0.2, 0.25) is 0 Å². The molecule has 0 atom stereocenters. The molecular weight excluding hydrogens is 208 g/mol. The topological polar surface area (TPSA) is 113 Å². The lowest BCUT2D eigenvalue weighted by atomic mass is 10.2. The second-order valence-corrected chi connectivity index (χ2v) is 2.35. The largest absolute Gasteiger partial charge is 0.421 e. The zero-order valence-electron chi connectivity index (χ0n) is 7.15. The molecular formula is C7H4N2O6. The molecule has 0 saturated heterocycles. The van der Waals surface area contributed by atoms with Gasteiger partial charge in [0.25, 0.3) is 6.47 Å². The molecule has 0 unspecified atom stereocenters. The van der Waals surface area contributed by atoms with Crippen molar-refractivity contribution in [3.05, 3.63) is 38.4 Å². The van der Waals surface area contributed by atoms with Crippen LogP contribution < -0.4 is 4.74 Å². The number of nitrogens with zero attached hydrogens (tertiary/aromatic N) is 2. The van der Waals surface area contributed by atoms with E-state index < -0.39 is 27.0 Å². The minimum atomic E-state index is -0.975. The lowest BCUT2D eigenvalue weighted by molar-refractivity contribution is -0.422. The van der Waals surface area contributed by atoms with Crippen molar-refractivity contribution in [2.24, 2.45) is 0 Å².